The lowest BCUT2D eigenvalue weighted by atomic mass is 10.1. The van der Waals surface area contributed by atoms with E-state index in [2.05, 4.69) is 20.5 Å². The Balaban J connectivity index is 1.34. The molecule has 2 aromatic carbocycles. The van der Waals surface area contributed by atoms with E-state index in [9.17, 15) is 13.6 Å². The van der Waals surface area contributed by atoms with Gasteiger partial charge in [0.05, 0.1) is 29.0 Å². The van der Waals surface area contributed by atoms with Gasteiger partial charge in [0, 0.05) is 26.2 Å². The van der Waals surface area contributed by atoms with E-state index in [1.165, 1.54) is 29.5 Å². The Bertz CT molecular complexity index is 1070. The smallest absolute Gasteiger partial charge is 0.321 e. The minimum absolute atomic E-state index is 0.118. The van der Waals surface area contributed by atoms with Crippen molar-refractivity contribution in [1.29, 1.82) is 0 Å². The van der Waals surface area contributed by atoms with Gasteiger partial charge in [0.2, 0.25) is 0 Å². The Hall–Kier alpha value is -2.82. The Morgan fingerprint density at radius 1 is 1.25 bits per heavy atom. The fourth-order valence-electron chi connectivity index (χ4n) is 3.49. The summed E-state index contributed by atoms with van der Waals surface area (Å²) in [5, 5.41) is 6.02. The number of benzene rings is 2. The van der Waals surface area contributed by atoms with Gasteiger partial charge in [0.1, 0.15) is 23.5 Å². The van der Waals surface area contributed by atoms with Crippen LogP contribution in [0.15, 0.2) is 36.4 Å². The van der Waals surface area contributed by atoms with Gasteiger partial charge >= 0.3 is 6.03 Å². The Morgan fingerprint density at radius 3 is 2.75 bits per heavy atom. The normalized spacial score (nSPS) is 15.5. The van der Waals surface area contributed by atoms with Crippen molar-refractivity contribution >= 4 is 32.7 Å². The van der Waals surface area contributed by atoms with Crippen molar-refractivity contribution in [1.82, 2.24) is 15.2 Å². The molecule has 1 aliphatic heterocycles. The summed E-state index contributed by atoms with van der Waals surface area (Å²) in [5.74, 6) is -0.845. The molecule has 1 aromatic heterocycles. The standard InChI is InChI=1S/C22H24F2N4O3S/c1-14(20-16(23)3-2-4-17(20)24)31-15-5-6-18-19(13-15)32-22(26-18)27-21(29)25-7-8-28-9-11-30-12-10-28/h2-6,13-14H,7-12H2,1H3,(H2,25,26,27,29). The molecule has 10 heteroatoms. The van der Waals surface area contributed by atoms with Crippen molar-refractivity contribution in [2.75, 3.05) is 44.7 Å². The van der Waals surface area contributed by atoms with Crippen molar-refractivity contribution < 1.29 is 23.0 Å². The zero-order valence-electron chi connectivity index (χ0n) is 17.6. The Labute approximate surface area is 188 Å². The molecule has 1 unspecified atom stereocenters. The quantitative estimate of drug-likeness (QED) is 0.551. The van der Waals surface area contributed by atoms with E-state index in [1.54, 1.807) is 25.1 Å². The monoisotopic (exact) mass is 462 g/mol. The minimum atomic E-state index is -0.809. The number of halogens is 2. The third-order valence-electron chi connectivity index (χ3n) is 5.12. The van der Waals surface area contributed by atoms with E-state index in [1.807, 2.05) is 0 Å². The predicted octanol–water partition coefficient (Wildman–Crippen LogP) is 4.17. The van der Waals surface area contributed by atoms with Gasteiger partial charge in [-0.15, -0.1) is 0 Å². The summed E-state index contributed by atoms with van der Waals surface area (Å²) < 4.78 is 39.8. The van der Waals surface area contributed by atoms with Crippen molar-refractivity contribution in [3.05, 3.63) is 53.6 Å². The van der Waals surface area contributed by atoms with Crippen LogP contribution in [0.25, 0.3) is 10.2 Å². The van der Waals surface area contributed by atoms with E-state index in [-0.39, 0.29) is 11.6 Å². The van der Waals surface area contributed by atoms with Crippen LogP contribution in [0.3, 0.4) is 0 Å². The van der Waals surface area contributed by atoms with E-state index < -0.39 is 17.7 Å². The third-order valence-corrected chi connectivity index (χ3v) is 6.05. The molecule has 7 nitrogen and oxygen atoms in total. The lowest BCUT2D eigenvalue weighted by Crippen LogP contribution is -2.42. The van der Waals surface area contributed by atoms with Crippen molar-refractivity contribution in [3.63, 3.8) is 0 Å². The highest BCUT2D eigenvalue weighted by Gasteiger charge is 2.18. The number of urea groups is 1. The van der Waals surface area contributed by atoms with Crippen LogP contribution in [0.5, 0.6) is 5.75 Å². The summed E-state index contributed by atoms with van der Waals surface area (Å²) in [5.41, 5.74) is 0.573. The fraction of sp³-hybridized carbons (Fsp3) is 0.364. The second kappa shape index (κ2) is 10.2. The van der Waals surface area contributed by atoms with Crippen molar-refractivity contribution in [2.24, 2.45) is 0 Å². The molecule has 32 heavy (non-hydrogen) atoms. The summed E-state index contributed by atoms with van der Waals surface area (Å²) in [6.45, 7) is 6.06. The first-order valence-electron chi connectivity index (χ1n) is 10.4. The molecule has 3 aromatic rings. The number of rotatable bonds is 7. The van der Waals surface area contributed by atoms with Gasteiger partial charge in [-0.3, -0.25) is 10.2 Å². The molecule has 0 aliphatic carbocycles. The number of morpholine rings is 1. The molecule has 2 N–H and O–H groups in total. The zero-order valence-corrected chi connectivity index (χ0v) is 18.4. The number of carbonyl (C=O) groups excluding carboxylic acids is 1. The number of anilines is 1. The summed E-state index contributed by atoms with van der Waals surface area (Å²) in [6, 6.07) is 8.57. The topological polar surface area (TPSA) is 75.7 Å². The third kappa shape index (κ3) is 5.50. The number of fused-ring (bicyclic) bond motifs is 1. The highest BCUT2D eigenvalue weighted by atomic mass is 32.1. The highest BCUT2D eigenvalue weighted by Crippen LogP contribution is 2.32. The molecule has 1 saturated heterocycles. The molecule has 0 saturated carbocycles. The molecule has 0 radical (unpaired) electrons. The van der Waals surface area contributed by atoms with Crippen LogP contribution in [0, 0.1) is 11.6 Å². The van der Waals surface area contributed by atoms with Crippen LogP contribution >= 0.6 is 11.3 Å². The molecule has 2 heterocycles. The second-order valence-corrected chi connectivity index (χ2v) is 8.41. The molecule has 1 fully saturated rings. The summed E-state index contributed by atoms with van der Waals surface area (Å²) in [6.07, 6.45) is -0.809. The summed E-state index contributed by atoms with van der Waals surface area (Å²) in [7, 11) is 0. The number of nitrogens with one attached hydrogen (secondary N) is 2. The molecule has 1 atom stereocenters. The van der Waals surface area contributed by atoms with Gasteiger partial charge in [-0.2, -0.15) is 0 Å². The minimum Gasteiger partial charge on any atom is -0.486 e. The van der Waals surface area contributed by atoms with Crippen LogP contribution in [0.1, 0.15) is 18.6 Å². The van der Waals surface area contributed by atoms with Crippen LogP contribution in [0.4, 0.5) is 18.7 Å². The molecule has 1 aliphatic rings. The molecule has 0 spiro atoms. The van der Waals surface area contributed by atoms with E-state index in [0.717, 1.165) is 37.5 Å². The number of thiazole rings is 1. The number of carbonyl (C=O) groups is 1. The number of amides is 2. The van der Waals surface area contributed by atoms with Gasteiger partial charge in [-0.1, -0.05) is 17.4 Å². The van der Waals surface area contributed by atoms with Gasteiger partial charge in [-0.05, 0) is 37.3 Å². The molecule has 0 bridgehead atoms. The lowest BCUT2D eigenvalue weighted by Gasteiger charge is -2.26. The number of nitrogens with zero attached hydrogens (tertiary/aromatic N) is 2. The maximum atomic E-state index is 14.0. The van der Waals surface area contributed by atoms with Gasteiger partial charge in [-0.25, -0.2) is 18.6 Å². The number of ether oxygens (including phenoxy) is 2. The van der Waals surface area contributed by atoms with Gasteiger partial charge in [0.25, 0.3) is 0 Å². The maximum Gasteiger partial charge on any atom is 0.321 e. The van der Waals surface area contributed by atoms with Crippen LogP contribution in [0.2, 0.25) is 0 Å². The van der Waals surface area contributed by atoms with Gasteiger partial charge in [0.15, 0.2) is 5.13 Å². The van der Waals surface area contributed by atoms with Crippen LogP contribution in [-0.4, -0.2) is 55.3 Å². The van der Waals surface area contributed by atoms with Crippen LogP contribution < -0.4 is 15.4 Å². The predicted molar refractivity (Wildman–Crippen MR) is 119 cm³/mol. The first-order valence-corrected chi connectivity index (χ1v) is 11.2. The average molecular weight is 463 g/mol. The Morgan fingerprint density at radius 2 is 2.00 bits per heavy atom. The number of hydrogen-bond donors (Lipinski definition) is 2. The number of hydrogen-bond acceptors (Lipinski definition) is 6. The Kier molecular flexibility index (Phi) is 7.13. The van der Waals surface area contributed by atoms with E-state index in [4.69, 9.17) is 9.47 Å². The van der Waals surface area contributed by atoms with Crippen molar-refractivity contribution in [2.45, 2.75) is 13.0 Å². The van der Waals surface area contributed by atoms with Crippen LogP contribution in [-0.2, 0) is 4.74 Å². The second-order valence-electron chi connectivity index (χ2n) is 7.38. The maximum absolute atomic E-state index is 14.0. The number of aromatic nitrogens is 1. The SMILES string of the molecule is CC(Oc1ccc2nc(NC(=O)NCCN3CCOCC3)sc2c1)c1c(F)cccc1F. The molecular formula is C22H24F2N4O3S. The summed E-state index contributed by atoms with van der Waals surface area (Å²) >= 11 is 1.29. The molecule has 170 valence electrons. The summed E-state index contributed by atoms with van der Waals surface area (Å²) in [4.78, 5) is 18.8. The fourth-order valence-corrected chi connectivity index (χ4v) is 4.38. The molecule has 4 rings (SSSR count). The highest BCUT2D eigenvalue weighted by molar-refractivity contribution is 7.22. The largest absolute Gasteiger partial charge is 0.486 e. The van der Waals surface area contributed by atoms with E-state index in [0.29, 0.717) is 22.9 Å². The first kappa shape index (κ1) is 22.4. The van der Waals surface area contributed by atoms with Crippen molar-refractivity contribution in [3.8, 4) is 5.75 Å². The molecular weight excluding hydrogens is 438 g/mol. The average Bonchev–Trinajstić information content (AvgIpc) is 3.15. The first-order chi connectivity index (χ1) is 15.5. The molecule has 2 amide bonds. The van der Waals surface area contributed by atoms with E-state index >= 15 is 0 Å². The van der Waals surface area contributed by atoms with Gasteiger partial charge < -0.3 is 14.8 Å². The lowest BCUT2D eigenvalue weighted by molar-refractivity contribution is 0.0388. The zero-order chi connectivity index (χ0) is 22.5.